The predicted molar refractivity (Wildman–Crippen MR) is 74.6 cm³/mol. The van der Waals surface area contributed by atoms with Gasteiger partial charge in [-0.1, -0.05) is 0 Å². The summed E-state index contributed by atoms with van der Waals surface area (Å²) in [7, 11) is 3.32. The van der Waals surface area contributed by atoms with Crippen LogP contribution in [0, 0.1) is 0 Å². The van der Waals surface area contributed by atoms with E-state index in [-0.39, 0.29) is 0 Å². The molecule has 2 heterocycles. The average molecular weight is 268 g/mol. The molecule has 0 N–H and O–H groups in total. The minimum Gasteiger partial charge on any atom is -0.493 e. The standard InChI is InChI=1S/C13H20N2O2S/c1-16-12-4-5-14-11(13(12)17-2)10-15-6-3-8-18-9-7-15/h4-5H,3,6-10H2,1-2H3. The summed E-state index contributed by atoms with van der Waals surface area (Å²) in [6.07, 6.45) is 3.03. The van der Waals surface area contributed by atoms with Gasteiger partial charge in [-0.2, -0.15) is 11.8 Å². The molecule has 1 aromatic heterocycles. The molecule has 1 aliphatic rings. The van der Waals surface area contributed by atoms with Gasteiger partial charge in [0.25, 0.3) is 0 Å². The number of ether oxygens (including phenoxy) is 2. The first-order valence-electron chi connectivity index (χ1n) is 6.21. The number of nitrogens with zero attached hydrogens (tertiary/aromatic N) is 2. The lowest BCUT2D eigenvalue weighted by Crippen LogP contribution is -2.26. The van der Waals surface area contributed by atoms with E-state index in [0.29, 0.717) is 0 Å². The largest absolute Gasteiger partial charge is 0.493 e. The highest BCUT2D eigenvalue weighted by atomic mass is 32.2. The van der Waals surface area contributed by atoms with Gasteiger partial charge in [0, 0.05) is 31.1 Å². The van der Waals surface area contributed by atoms with Gasteiger partial charge in [-0.05, 0) is 18.7 Å². The number of rotatable bonds is 4. The lowest BCUT2D eigenvalue weighted by Gasteiger charge is -2.20. The highest BCUT2D eigenvalue weighted by Gasteiger charge is 2.16. The van der Waals surface area contributed by atoms with Crippen molar-refractivity contribution in [1.29, 1.82) is 0 Å². The molecule has 1 saturated heterocycles. The molecule has 0 aromatic carbocycles. The highest BCUT2D eigenvalue weighted by molar-refractivity contribution is 7.99. The van der Waals surface area contributed by atoms with E-state index >= 15 is 0 Å². The Morgan fingerprint density at radius 1 is 1.28 bits per heavy atom. The summed E-state index contributed by atoms with van der Waals surface area (Å²) in [4.78, 5) is 6.86. The smallest absolute Gasteiger partial charge is 0.183 e. The molecule has 0 bridgehead atoms. The highest BCUT2D eigenvalue weighted by Crippen LogP contribution is 2.30. The van der Waals surface area contributed by atoms with Crippen LogP contribution < -0.4 is 9.47 Å². The number of methoxy groups -OCH3 is 2. The Kier molecular flexibility index (Phi) is 5.13. The maximum absolute atomic E-state index is 5.42. The first-order chi connectivity index (χ1) is 8.85. The zero-order chi connectivity index (χ0) is 12.8. The van der Waals surface area contributed by atoms with E-state index < -0.39 is 0 Å². The number of aromatic nitrogens is 1. The van der Waals surface area contributed by atoms with Crippen LogP contribution in [0.4, 0.5) is 0 Å². The predicted octanol–water partition coefficient (Wildman–Crippen LogP) is 2.04. The molecule has 0 amide bonds. The van der Waals surface area contributed by atoms with Crippen molar-refractivity contribution in [2.24, 2.45) is 0 Å². The molecule has 0 saturated carbocycles. The van der Waals surface area contributed by atoms with Crippen molar-refractivity contribution in [2.75, 3.05) is 38.8 Å². The van der Waals surface area contributed by atoms with Crippen molar-refractivity contribution in [3.8, 4) is 11.5 Å². The summed E-state index contributed by atoms with van der Waals surface area (Å²) < 4.78 is 10.7. The van der Waals surface area contributed by atoms with Crippen molar-refractivity contribution in [3.05, 3.63) is 18.0 Å². The Balaban J connectivity index is 2.12. The SMILES string of the molecule is COc1ccnc(CN2CCCSCC2)c1OC. The van der Waals surface area contributed by atoms with Gasteiger partial charge in [0.05, 0.1) is 14.2 Å². The van der Waals surface area contributed by atoms with Crippen molar-refractivity contribution in [1.82, 2.24) is 9.88 Å². The summed E-state index contributed by atoms with van der Waals surface area (Å²) in [6, 6.07) is 1.83. The van der Waals surface area contributed by atoms with Crippen molar-refractivity contribution in [2.45, 2.75) is 13.0 Å². The zero-order valence-corrected chi connectivity index (χ0v) is 11.8. The Bertz CT molecular complexity index is 379. The van der Waals surface area contributed by atoms with Gasteiger partial charge < -0.3 is 9.47 Å². The van der Waals surface area contributed by atoms with E-state index in [4.69, 9.17) is 9.47 Å². The molecule has 2 rings (SSSR count). The van der Waals surface area contributed by atoms with Gasteiger partial charge in [-0.25, -0.2) is 0 Å². The van der Waals surface area contributed by atoms with Gasteiger partial charge in [-0.3, -0.25) is 9.88 Å². The minimum atomic E-state index is 0.756. The van der Waals surface area contributed by atoms with Crippen LogP contribution in [0.3, 0.4) is 0 Å². The second-order valence-corrected chi connectivity index (χ2v) is 5.46. The van der Waals surface area contributed by atoms with Gasteiger partial charge in [-0.15, -0.1) is 0 Å². The molecule has 0 atom stereocenters. The Labute approximate surface area is 113 Å². The fraction of sp³-hybridized carbons (Fsp3) is 0.615. The first-order valence-corrected chi connectivity index (χ1v) is 7.36. The van der Waals surface area contributed by atoms with Crippen LogP contribution in [0.25, 0.3) is 0 Å². The first kappa shape index (κ1) is 13.5. The molecule has 1 aromatic rings. The lowest BCUT2D eigenvalue weighted by atomic mass is 10.2. The topological polar surface area (TPSA) is 34.6 Å². The third-order valence-corrected chi connectivity index (χ3v) is 4.10. The van der Waals surface area contributed by atoms with Crippen molar-refractivity contribution >= 4 is 11.8 Å². The van der Waals surface area contributed by atoms with Crippen LogP contribution in [-0.4, -0.2) is 48.7 Å². The Morgan fingerprint density at radius 3 is 2.94 bits per heavy atom. The monoisotopic (exact) mass is 268 g/mol. The van der Waals surface area contributed by atoms with Crippen LogP contribution in [0.5, 0.6) is 11.5 Å². The van der Waals surface area contributed by atoms with Crippen LogP contribution in [0.15, 0.2) is 12.3 Å². The van der Waals surface area contributed by atoms with Crippen molar-refractivity contribution < 1.29 is 9.47 Å². The summed E-state index contributed by atoms with van der Waals surface area (Å²) in [5.74, 6) is 3.98. The molecular weight excluding hydrogens is 248 g/mol. The quantitative estimate of drug-likeness (QED) is 0.835. The van der Waals surface area contributed by atoms with Gasteiger partial charge in [0.1, 0.15) is 5.69 Å². The summed E-state index contributed by atoms with van der Waals surface area (Å²) in [6.45, 7) is 3.09. The number of thioether (sulfide) groups is 1. The Hall–Kier alpha value is -0.940. The molecule has 1 aliphatic heterocycles. The van der Waals surface area contributed by atoms with E-state index in [1.807, 2.05) is 17.8 Å². The van der Waals surface area contributed by atoms with Crippen LogP contribution in [-0.2, 0) is 6.54 Å². The summed E-state index contributed by atoms with van der Waals surface area (Å²) in [5, 5.41) is 0. The molecular formula is C13H20N2O2S. The molecule has 0 aliphatic carbocycles. The maximum Gasteiger partial charge on any atom is 0.183 e. The molecule has 0 radical (unpaired) electrons. The molecule has 5 heteroatoms. The van der Waals surface area contributed by atoms with Crippen LogP contribution in [0.2, 0.25) is 0 Å². The van der Waals surface area contributed by atoms with Gasteiger partial charge in [0.15, 0.2) is 11.5 Å². The number of pyridine rings is 1. The van der Waals surface area contributed by atoms with Crippen LogP contribution >= 0.6 is 11.8 Å². The second kappa shape index (κ2) is 6.85. The van der Waals surface area contributed by atoms with Crippen LogP contribution in [0.1, 0.15) is 12.1 Å². The fourth-order valence-corrected chi connectivity index (χ4v) is 3.06. The minimum absolute atomic E-state index is 0.756. The van der Waals surface area contributed by atoms with Crippen molar-refractivity contribution in [3.63, 3.8) is 0 Å². The van der Waals surface area contributed by atoms with E-state index in [1.54, 1.807) is 20.4 Å². The molecule has 0 spiro atoms. The molecule has 18 heavy (non-hydrogen) atoms. The van der Waals surface area contributed by atoms with E-state index in [0.717, 1.165) is 36.8 Å². The summed E-state index contributed by atoms with van der Waals surface area (Å²) >= 11 is 2.03. The zero-order valence-electron chi connectivity index (χ0n) is 11.0. The molecule has 4 nitrogen and oxygen atoms in total. The van der Waals surface area contributed by atoms with Gasteiger partial charge in [0.2, 0.25) is 0 Å². The van der Waals surface area contributed by atoms with E-state index in [9.17, 15) is 0 Å². The maximum atomic E-state index is 5.42. The van der Waals surface area contributed by atoms with Gasteiger partial charge >= 0.3 is 0 Å². The molecule has 1 fully saturated rings. The average Bonchev–Trinajstić information content (AvgIpc) is 2.67. The van der Waals surface area contributed by atoms with E-state index in [1.165, 1.54) is 17.9 Å². The summed E-state index contributed by atoms with van der Waals surface area (Å²) in [5.41, 5.74) is 0.962. The molecule has 100 valence electrons. The normalized spacial score (nSPS) is 17.2. The number of hydrogen-bond donors (Lipinski definition) is 0. The lowest BCUT2D eigenvalue weighted by molar-refractivity contribution is 0.274. The third-order valence-electron chi connectivity index (χ3n) is 3.05. The fourth-order valence-electron chi connectivity index (χ4n) is 2.13. The molecule has 0 unspecified atom stereocenters. The number of hydrogen-bond acceptors (Lipinski definition) is 5. The second-order valence-electron chi connectivity index (χ2n) is 4.24. The third kappa shape index (κ3) is 3.29. The Morgan fingerprint density at radius 2 is 2.17 bits per heavy atom. The van der Waals surface area contributed by atoms with E-state index in [2.05, 4.69) is 9.88 Å².